The third kappa shape index (κ3) is 4.23. The largest absolute Gasteiger partial charge is 0.346 e. The van der Waals surface area contributed by atoms with Crippen LogP contribution in [-0.2, 0) is 22.9 Å². The highest BCUT2D eigenvalue weighted by Crippen LogP contribution is 2.25. The van der Waals surface area contributed by atoms with E-state index in [1.165, 1.54) is 40.4 Å². The number of hydrogen-bond acceptors (Lipinski definition) is 3. The fraction of sp³-hybridized carbons (Fsp3) is 0.435. The standard InChI is InChI=1S/C23H28N2O3S/c1-17(20-9-8-18-6-2-3-7-21(18)16-20)24-23(26)19-10-12-22(13-11-19)29(27,28)25-14-4-5-15-25/h8-13,16-17H,2-7,14-15H2,1H3,(H,24,26). The molecule has 1 saturated heterocycles. The number of carbonyl (C=O) groups is 1. The Morgan fingerprint density at radius 1 is 0.931 bits per heavy atom. The van der Waals surface area contributed by atoms with Crippen molar-refractivity contribution >= 4 is 15.9 Å². The molecular formula is C23H28N2O3S. The first kappa shape index (κ1) is 20.1. The average Bonchev–Trinajstić information content (AvgIpc) is 3.29. The third-order valence-electron chi connectivity index (χ3n) is 6.04. The van der Waals surface area contributed by atoms with Gasteiger partial charge < -0.3 is 5.32 Å². The van der Waals surface area contributed by atoms with Crippen LogP contribution in [0.3, 0.4) is 0 Å². The molecule has 29 heavy (non-hydrogen) atoms. The minimum absolute atomic E-state index is 0.109. The maximum atomic E-state index is 12.7. The van der Waals surface area contributed by atoms with Crippen molar-refractivity contribution in [3.8, 4) is 0 Å². The summed E-state index contributed by atoms with van der Waals surface area (Å²) in [6.07, 6.45) is 6.53. The minimum atomic E-state index is -3.45. The lowest BCUT2D eigenvalue weighted by Crippen LogP contribution is -2.28. The molecule has 6 heteroatoms. The number of carbonyl (C=O) groups excluding carboxylic acids is 1. The second kappa shape index (κ2) is 8.28. The van der Waals surface area contributed by atoms with Crippen molar-refractivity contribution in [2.75, 3.05) is 13.1 Å². The first-order valence-corrected chi connectivity index (χ1v) is 11.9. The van der Waals surface area contributed by atoms with Gasteiger partial charge in [-0.3, -0.25) is 4.79 Å². The maximum Gasteiger partial charge on any atom is 0.251 e. The SMILES string of the molecule is CC(NC(=O)c1ccc(S(=O)(=O)N2CCCC2)cc1)c1ccc2c(c1)CCCC2. The molecule has 1 aliphatic carbocycles. The zero-order chi connectivity index (χ0) is 20.4. The van der Waals surface area contributed by atoms with E-state index in [2.05, 4.69) is 23.5 Å². The molecule has 1 unspecified atom stereocenters. The summed E-state index contributed by atoms with van der Waals surface area (Å²) in [5, 5.41) is 3.03. The summed E-state index contributed by atoms with van der Waals surface area (Å²) in [5.74, 6) is -0.194. The van der Waals surface area contributed by atoms with Gasteiger partial charge >= 0.3 is 0 Å². The maximum absolute atomic E-state index is 12.7. The van der Waals surface area contributed by atoms with Crippen LogP contribution in [0.25, 0.3) is 0 Å². The molecule has 1 amide bonds. The summed E-state index contributed by atoms with van der Waals surface area (Å²) in [6, 6.07) is 12.6. The zero-order valence-corrected chi connectivity index (χ0v) is 17.7. The van der Waals surface area contributed by atoms with Crippen molar-refractivity contribution in [1.29, 1.82) is 0 Å². The van der Waals surface area contributed by atoms with Gasteiger partial charge in [-0.2, -0.15) is 4.31 Å². The van der Waals surface area contributed by atoms with Gasteiger partial charge in [0.25, 0.3) is 5.91 Å². The Morgan fingerprint density at radius 3 is 2.28 bits per heavy atom. The number of hydrogen-bond donors (Lipinski definition) is 1. The van der Waals surface area contributed by atoms with E-state index in [4.69, 9.17) is 0 Å². The van der Waals surface area contributed by atoms with E-state index in [1.807, 2.05) is 6.92 Å². The molecule has 154 valence electrons. The van der Waals surface area contributed by atoms with Gasteiger partial charge in [0, 0.05) is 18.7 Å². The number of sulfonamides is 1. The summed E-state index contributed by atoms with van der Waals surface area (Å²) in [7, 11) is -3.45. The molecular weight excluding hydrogens is 384 g/mol. The zero-order valence-electron chi connectivity index (χ0n) is 16.9. The number of nitrogens with one attached hydrogen (secondary N) is 1. The molecule has 0 saturated carbocycles. The quantitative estimate of drug-likeness (QED) is 0.811. The van der Waals surface area contributed by atoms with Crippen molar-refractivity contribution in [2.24, 2.45) is 0 Å². The van der Waals surface area contributed by atoms with E-state index >= 15 is 0 Å². The lowest BCUT2D eigenvalue weighted by molar-refractivity contribution is 0.0939. The van der Waals surface area contributed by atoms with E-state index in [0.717, 1.165) is 31.2 Å². The molecule has 1 N–H and O–H groups in total. The molecule has 1 atom stereocenters. The normalized spacial score (nSPS) is 18.2. The van der Waals surface area contributed by atoms with E-state index < -0.39 is 10.0 Å². The molecule has 2 aromatic carbocycles. The van der Waals surface area contributed by atoms with Crippen molar-refractivity contribution in [1.82, 2.24) is 9.62 Å². The van der Waals surface area contributed by atoms with E-state index in [9.17, 15) is 13.2 Å². The number of rotatable bonds is 5. The molecule has 1 aliphatic heterocycles. The monoisotopic (exact) mass is 412 g/mol. The van der Waals surface area contributed by atoms with Crippen LogP contribution in [0.4, 0.5) is 0 Å². The highest BCUT2D eigenvalue weighted by Gasteiger charge is 2.27. The number of nitrogens with zero attached hydrogens (tertiary/aromatic N) is 1. The van der Waals surface area contributed by atoms with Crippen LogP contribution in [-0.4, -0.2) is 31.7 Å². The third-order valence-corrected chi connectivity index (χ3v) is 7.95. The minimum Gasteiger partial charge on any atom is -0.346 e. The van der Waals surface area contributed by atoms with Crippen molar-refractivity contribution in [3.05, 3.63) is 64.7 Å². The Bertz CT molecular complexity index is 993. The first-order chi connectivity index (χ1) is 13.9. The Morgan fingerprint density at radius 2 is 1.59 bits per heavy atom. The molecule has 0 radical (unpaired) electrons. The Kier molecular flexibility index (Phi) is 5.74. The van der Waals surface area contributed by atoms with Crippen LogP contribution >= 0.6 is 0 Å². The van der Waals surface area contributed by atoms with Gasteiger partial charge in [-0.15, -0.1) is 0 Å². The highest BCUT2D eigenvalue weighted by molar-refractivity contribution is 7.89. The summed E-state index contributed by atoms with van der Waals surface area (Å²) >= 11 is 0. The van der Waals surface area contributed by atoms with Crippen LogP contribution in [0, 0.1) is 0 Å². The van der Waals surface area contributed by atoms with Gasteiger partial charge in [0.05, 0.1) is 10.9 Å². The van der Waals surface area contributed by atoms with Crippen LogP contribution in [0.5, 0.6) is 0 Å². The van der Waals surface area contributed by atoms with Gasteiger partial charge in [0.2, 0.25) is 10.0 Å². The first-order valence-electron chi connectivity index (χ1n) is 10.5. The van der Waals surface area contributed by atoms with Crippen LogP contribution in [0.15, 0.2) is 47.4 Å². The van der Waals surface area contributed by atoms with Gasteiger partial charge in [-0.1, -0.05) is 18.2 Å². The summed E-state index contributed by atoms with van der Waals surface area (Å²) < 4.78 is 26.8. The fourth-order valence-corrected chi connectivity index (χ4v) is 5.76. The topological polar surface area (TPSA) is 66.5 Å². The van der Waals surface area contributed by atoms with Gasteiger partial charge in [0.1, 0.15) is 0 Å². The molecule has 0 spiro atoms. The van der Waals surface area contributed by atoms with Gasteiger partial charge in [-0.25, -0.2) is 8.42 Å². The van der Waals surface area contributed by atoms with E-state index in [0.29, 0.717) is 18.7 Å². The van der Waals surface area contributed by atoms with Crippen LogP contribution < -0.4 is 5.32 Å². The van der Waals surface area contributed by atoms with Gasteiger partial charge in [-0.05, 0) is 86.4 Å². The molecule has 5 nitrogen and oxygen atoms in total. The average molecular weight is 413 g/mol. The number of aryl methyl sites for hydroxylation is 2. The molecule has 1 fully saturated rings. The summed E-state index contributed by atoms with van der Waals surface area (Å²) in [6.45, 7) is 3.13. The molecule has 2 aliphatic rings. The van der Waals surface area contributed by atoms with Crippen molar-refractivity contribution in [3.63, 3.8) is 0 Å². The number of amides is 1. The summed E-state index contributed by atoms with van der Waals surface area (Å²) in [5.41, 5.74) is 4.39. The molecule has 2 aromatic rings. The Labute approximate surface area is 173 Å². The van der Waals surface area contributed by atoms with E-state index in [-0.39, 0.29) is 16.8 Å². The molecule has 1 heterocycles. The Hall–Kier alpha value is -2.18. The van der Waals surface area contributed by atoms with Crippen molar-refractivity contribution in [2.45, 2.75) is 56.4 Å². The second-order valence-corrected chi connectivity index (χ2v) is 10.0. The predicted octanol–water partition coefficient (Wildman–Crippen LogP) is 3.84. The smallest absolute Gasteiger partial charge is 0.251 e. The summed E-state index contributed by atoms with van der Waals surface area (Å²) in [4.78, 5) is 12.9. The molecule has 4 rings (SSSR count). The van der Waals surface area contributed by atoms with Crippen LogP contribution in [0.2, 0.25) is 0 Å². The van der Waals surface area contributed by atoms with Gasteiger partial charge in [0.15, 0.2) is 0 Å². The lowest BCUT2D eigenvalue weighted by Gasteiger charge is -2.20. The second-order valence-electron chi connectivity index (χ2n) is 8.07. The molecule has 0 aromatic heterocycles. The number of benzene rings is 2. The Balaban J connectivity index is 1.44. The fourth-order valence-electron chi connectivity index (χ4n) is 4.24. The predicted molar refractivity (Wildman–Crippen MR) is 113 cm³/mol. The highest BCUT2D eigenvalue weighted by atomic mass is 32.2. The lowest BCUT2D eigenvalue weighted by atomic mass is 9.89. The van der Waals surface area contributed by atoms with Crippen LogP contribution in [0.1, 0.15) is 65.7 Å². The van der Waals surface area contributed by atoms with Crippen molar-refractivity contribution < 1.29 is 13.2 Å². The molecule has 0 bridgehead atoms. The van der Waals surface area contributed by atoms with E-state index in [1.54, 1.807) is 12.1 Å². The number of fused-ring (bicyclic) bond motifs is 1.